The predicted molar refractivity (Wildman–Crippen MR) is 113 cm³/mol. The third-order valence-electron chi connectivity index (χ3n) is 5.45. The molecule has 3 aromatic rings. The van der Waals surface area contributed by atoms with Crippen LogP contribution in [0.1, 0.15) is 31.8 Å². The van der Waals surface area contributed by atoms with Crippen LogP contribution in [-0.2, 0) is 6.54 Å². The molecule has 0 aromatic heterocycles. The van der Waals surface area contributed by atoms with E-state index in [-0.39, 0.29) is 23.0 Å². The third-order valence-corrected chi connectivity index (χ3v) is 5.45. The number of nitrogens with zero attached hydrogens (tertiary/aromatic N) is 2. The summed E-state index contributed by atoms with van der Waals surface area (Å²) >= 11 is 0. The third kappa shape index (κ3) is 2.95. The van der Waals surface area contributed by atoms with Gasteiger partial charge in [-0.25, -0.2) is 0 Å². The van der Waals surface area contributed by atoms with Gasteiger partial charge in [-0.3, -0.25) is 9.59 Å². The number of carbonyl (C=O) groups excluding carboxylic acids is 2. The number of anilines is 1. The van der Waals surface area contributed by atoms with Crippen LogP contribution in [-0.4, -0.2) is 18.7 Å². The van der Waals surface area contributed by atoms with E-state index >= 15 is 0 Å². The highest BCUT2D eigenvalue weighted by atomic mass is 16.5. The number of hydrogen-bond acceptors (Lipinski definition) is 6. The van der Waals surface area contributed by atoms with Crippen molar-refractivity contribution in [2.75, 3.05) is 12.0 Å². The lowest BCUT2D eigenvalue weighted by Crippen LogP contribution is -2.34. The van der Waals surface area contributed by atoms with Crippen LogP contribution in [0.5, 0.6) is 11.5 Å². The average Bonchev–Trinajstić information content (AvgIpc) is 2.99. The first-order valence-corrected chi connectivity index (χ1v) is 9.66. The highest BCUT2D eigenvalue weighted by Gasteiger charge is 2.39. The lowest BCUT2D eigenvalue weighted by Gasteiger charge is -2.28. The fraction of sp³-hybridized carbons (Fsp3) is 0.0800. The first kappa shape index (κ1) is 18.6. The zero-order chi connectivity index (χ0) is 21.5. The van der Waals surface area contributed by atoms with Gasteiger partial charge in [-0.1, -0.05) is 24.3 Å². The van der Waals surface area contributed by atoms with Gasteiger partial charge in [0.1, 0.15) is 17.2 Å². The molecule has 1 heterocycles. The Balaban J connectivity index is 1.73. The van der Waals surface area contributed by atoms with E-state index in [1.807, 2.05) is 12.1 Å². The van der Waals surface area contributed by atoms with Crippen molar-refractivity contribution >= 4 is 17.3 Å². The molecule has 150 valence electrons. The smallest absolute Gasteiger partial charge is 0.231 e. The van der Waals surface area contributed by atoms with Crippen LogP contribution in [0.2, 0.25) is 0 Å². The second-order valence-corrected chi connectivity index (χ2v) is 7.20. The van der Waals surface area contributed by atoms with Gasteiger partial charge in [0.25, 0.3) is 0 Å². The number of allylic oxidation sites excluding steroid dienone is 2. The van der Waals surface area contributed by atoms with Crippen molar-refractivity contribution in [3.05, 3.63) is 100 Å². The number of hydrogen-bond donors (Lipinski definition) is 0. The fourth-order valence-corrected chi connectivity index (χ4v) is 3.86. The zero-order valence-electron chi connectivity index (χ0n) is 16.6. The number of fused-ring (bicyclic) bond motifs is 2. The summed E-state index contributed by atoms with van der Waals surface area (Å²) in [7, 11) is 1.55. The Morgan fingerprint density at radius 2 is 1.68 bits per heavy atom. The number of nitriles is 1. The molecule has 0 atom stereocenters. The Kier molecular flexibility index (Phi) is 4.30. The minimum absolute atomic E-state index is 0.0138. The lowest BCUT2D eigenvalue weighted by molar-refractivity contribution is 0.0936. The topological polar surface area (TPSA) is 79.6 Å². The van der Waals surface area contributed by atoms with Crippen molar-refractivity contribution in [3.8, 4) is 17.6 Å². The Bertz CT molecular complexity index is 1320. The molecule has 0 saturated carbocycles. The van der Waals surface area contributed by atoms with E-state index in [0.29, 0.717) is 40.4 Å². The van der Waals surface area contributed by atoms with Crippen molar-refractivity contribution < 1.29 is 19.1 Å². The van der Waals surface area contributed by atoms with Gasteiger partial charge in [0.15, 0.2) is 0 Å². The van der Waals surface area contributed by atoms with E-state index in [0.717, 1.165) is 5.56 Å². The monoisotopic (exact) mass is 408 g/mol. The lowest BCUT2D eigenvalue weighted by atomic mass is 9.90. The first-order valence-electron chi connectivity index (χ1n) is 9.66. The molecule has 0 saturated heterocycles. The molecule has 1 aliphatic carbocycles. The standard InChI is InChI=1S/C25H16N2O4/c1-30-18-11-8-16-14-27(17-9-6-15(13-26)7-10-17)22-23(28)19-4-2-3-5-20(19)24(29)25(22)31-21(16)12-18/h2-12H,14H2,1H3. The molecular formula is C25H16N2O4. The molecule has 3 aromatic carbocycles. The van der Waals surface area contributed by atoms with E-state index in [9.17, 15) is 9.59 Å². The molecule has 0 bridgehead atoms. The quantitative estimate of drug-likeness (QED) is 0.631. The summed E-state index contributed by atoms with van der Waals surface area (Å²) in [4.78, 5) is 28.6. The van der Waals surface area contributed by atoms with Crippen LogP contribution >= 0.6 is 0 Å². The van der Waals surface area contributed by atoms with Crippen LogP contribution in [0.25, 0.3) is 0 Å². The molecule has 6 nitrogen and oxygen atoms in total. The molecule has 6 heteroatoms. The molecule has 0 fully saturated rings. The first-order chi connectivity index (χ1) is 15.1. The number of Topliss-reactive ketones (excluding diaryl/α,β-unsaturated/α-hetero) is 2. The van der Waals surface area contributed by atoms with Crippen molar-refractivity contribution in [3.63, 3.8) is 0 Å². The molecular weight excluding hydrogens is 392 g/mol. The average molecular weight is 408 g/mol. The zero-order valence-corrected chi connectivity index (χ0v) is 16.6. The summed E-state index contributed by atoms with van der Waals surface area (Å²) in [5, 5.41) is 9.13. The number of rotatable bonds is 2. The van der Waals surface area contributed by atoms with Gasteiger partial charge in [0, 0.05) is 28.4 Å². The minimum Gasteiger partial charge on any atom is -0.497 e. The molecule has 5 rings (SSSR count). The molecule has 31 heavy (non-hydrogen) atoms. The molecule has 1 aliphatic heterocycles. The maximum atomic E-state index is 13.5. The summed E-state index contributed by atoms with van der Waals surface area (Å²) in [5.74, 6) is 0.403. The summed E-state index contributed by atoms with van der Waals surface area (Å²) in [6.07, 6.45) is 0. The van der Waals surface area contributed by atoms with Gasteiger partial charge < -0.3 is 14.4 Å². The van der Waals surface area contributed by atoms with Crippen LogP contribution in [0.15, 0.2) is 78.2 Å². The van der Waals surface area contributed by atoms with E-state index in [2.05, 4.69) is 6.07 Å². The van der Waals surface area contributed by atoms with Crippen molar-refractivity contribution in [2.24, 2.45) is 0 Å². The summed E-state index contributed by atoms with van der Waals surface area (Å²) in [6, 6.07) is 21.1. The van der Waals surface area contributed by atoms with Crippen molar-refractivity contribution in [2.45, 2.75) is 6.54 Å². The summed E-state index contributed by atoms with van der Waals surface area (Å²) in [6.45, 7) is 0.311. The number of methoxy groups -OCH3 is 1. The summed E-state index contributed by atoms with van der Waals surface area (Å²) < 4.78 is 11.4. The van der Waals surface area contributed by atoms with Gasteiger partial charge in [-0.2, -0.15) is 5.26 Å². The van der Waals surface area contributed by atoms with E-state index in [1.54, 1.807) is 66.6 Å². The van der Waals surface area contributed by atoms with Crippen molar-refractivity contribution in [1.29, 1.82) is 5.26 Å². The van der Waals surface area contributed by atoms with Crippen LogP contribution < -0.4 is 14.4 Å². The number of carbonyl (C=O) groups is 2. The largest absolute Gasteiger partial charge is 0.497 e. The number of ether oxygens (including phenoxy) is 2. The van der Waals surface area contributed by atoms with Crippen LogP contribution in [0.3, 0.4) is 0 Å². The molecule has 0 N–H and O–H groups in total. The number of benzene rings is 3. The molecule has 0 amide bonds. The Morgan fingerprint density at radius 3 is 2.35 bits per heavy atom. The maximum absolute atomic E-state index is 13.5. The fourth-order valence-electron chi connectivity index (χ4n) is 3.86. The predicted octanol–water partition coefficient (Wildman–Crippen LogP) is 4.26. The second-order valence-electron chi connectivity index (χ2n) is 7.20. The van der Waals surface area contributed by atoms with Gasteiger partial charge in [-0.05, 0) is 36.4 Å². The Morgan fingerprint density at radius 1 is 0.968 bits per heavy atom. The Labute approximate surface area is 178 Å². The molecule has 0 unspecified atom stereocenters. The highest BCUT2D eigenvalue weighted by molar-refractivity contribution is 6.27. The van der Waals surface area contributed by atoms with Gasteiger partial charge in [-0.15, -0.1) is 0 Å². The molecule has 2 aliphatic rings. The normalized spacial score (nSPS) is 14.6. The number of ketones is 2. The van der Waals surface area contributed by atoms with E-state index in [1.165, 1.54) is 0 Å². The summed E-state index contributed by atoms with van der Waals surface area (Å²) in [5.41, 5.74) is 2.83. The van der Waals surface area contributed by atoms with E-state index in [4.69, 9.17) is 14.7 Å². The second kappa shape index (κ2) is 7.15. The van der Waals surface area contributed by atoms with Gasteiger partial charge in [0.2, 0.25) is 17.3 Å². The molecule has 0 spiro atoms. The van der Waals surface area contributed by atoms with Crippen molar-refractivity contribution in [1.82, 2.24) is 0 Å². The highest BCUT2D eigenvalue weighted by Crippen LogP contribution is 2.39. The maximum Gasteiger partial charge on any atom is 0.231 e. The van der Waals surface area contributed by atoms with Gasteiger partial charge >= 0.3 is 0 Å². The minimum atomic E-state index is -0.348. The van der Waals surface area contributed by atoms with Crippen LogP contribution in [0, 0.1) is 11.3 Å². The molecule has 0 radical (unpaired) electrons. The van der Waals surface area contributed by atoms with Gasteiger partial charge in [0.05, 0.1) is 25.3 Å². The SMILES string of the molecule is COc1ccc2c(c1)OC1=C(C(=O)c3ccccc3C1=O)N(c1ccc(C#N)cc1)C2. The van der Waals surface area contributed by atoms with Crippen LogP contribution in [0.4, 0.5) is 5.69 Å². The van der Waals surface area contributed by atoms with E-state index < -0.39 is 0 Å². The Hall–Kier alpha value is -4.37.